The van der Waals surface area contributed by atoms with Gasteiger partial charge < -0.3 is 0 Å². The maximum atomic E-state index is 12.2. The van der Waals surface area contributed by atoms with Crippen LogP contribution in [-0.4, -0.2) is 5.78 Å². The fraction of sp³-hybridized carbons (Fsp3) is 0.475. The predicted molar refractivity (Wildman–Crippen MR) is 182 cm³/mol. The monoisotopic (exact) mass is 552 g/mol. The van der Waals surface area contributed by atoms with Crippen molar-refractivity contribution in [3.05, 3.63) is 118 Å². The van der Waals surface area contributed by atoms with Crippen LogP contribution in [0, 0.1) is 16.7 Å². The van der Waals surface area contributed by atoms with Crippen LogP contribution in [-0.2, 0) is 4.79 Å². The summed E-state index contributed by atoms with van der Waals surface area (Å²) >= 11 is 0. The minimum atomic E-state index is 0.0779. The summed E-state index contributed by atoms with van der Waals surface area (Å²) in [6.45, 7) is 22.2. The van der Waals surface area contributed by atoms with Crippen molar-refractivity contribution in [1.82, 2.24) is 0 Å². The van der Waals surface area contributed by atoms with Crippen molar-refractivity contribution in [2.24, 2.45) is 16.7 Å². The first-order chi connectivity index (χ1) is 19.2. The lowest BCUT2D eigenvalue weighted by Gasteiger charge is -2.32. The second-order valence-corrected chi connectivity index (χ2v) is 13.6. The molecule has 0 saturated heterocycles. The molecule has 41 heavy (non-hydrogen) atoms. The molecule has 2 aliphatic carbocycles. The first-order valence-electron chi connectivity index (χ1n) is 15.6. The molecule has 1 heteroatoms. The Morgan fingerprint density at radius 2 is 1.34 bits per heavy atom. The van der Waals surface area contributed by atoms with Crippen LogP contribution in [0.4, 0.5) is 0 Å². The van der Waals surface area contributed by atoms with Crippen molar-refractivity contribution in [2.75, 3.05) is 0 Å². The van der Waals surface area contributed by atoms with Gasteiger partial charge in [0.05, 0.1) is 0 Å². The average molecular weight is 553 g/mol. The summed E-state index contributed by atoms with van der Waals surface area (Å²) in [6.07, 6.45) is 34.8. The van der Waals surface area contributed by atoms with E-state index in [4.69, 9.17) is 0 Å². The largest absolute Gasteiger partial charge is 0.295 e. The lowest BCUT2D eigenvalue weighted by atomic mass is 9.72. The van der Waals surface area contributed by atoms with Crippen LogP contribution in [0.3, 0.4) is 0 Å². The Balaban J connectivity index is 1.85. The van der Waals surface area contributed by atoms with Crippen LogP contribution in [0.5, 0.6) is 0 Å². The smallest absolute Gasteiger partial charge is 0.158 e. The van der Waals surface area contributed by atoms with Crippen LogP contribution in [0.15, 0.2) is 118 Å². The van der Waals surface area contributed by atoms with Crippen molar-refractivity contribution in [3.63, 3.8) is 0 Å². The van der Waals surface area contributed by atoms with E-state index in [0.717, 1.165) is 18.4 Å². The molecule has 1 nitrogen and oxygen atoms in total. The lowest BCUT2D eigenvalue weighted by molar-refractivity contribution is -0.116. The number of ketones is 1. The van der Waals surface area contributed by atoms with E-state index in [-0.39, 0.29) is 10.8 Å². The summed E-state index contributed by atoms with van der Waals surface area (Å²) in [5.74, 6) is 0.724. The van der Waals surface area contributed by atoms with Gasteiger partial charge in [-0.3, -0.25) is 4.79 Å². The van der Waals surface area contributed by atoms with Crippen LogP contribution < -0.4 is 0 Å². The summed E-state index contributed by atoms with van der Waals surface area (Å²) in [4.78, 5) is 12.2. The predicted octanol–water partition coefficient (Wildman–Crippen LogP) is 11.9. The van der Waals surface area contributed by atoms with Gasteiger partial charge in [-0.15, -0.1) is 0 Å². The Morgan fingerprint density at radius 3 is 2.00 bits per heavy atom. The quantitative estimate of drug-likeness (QED) is 0.233. The molecular formula is C40H56O. The Kier molecular flexibility index (Phi) is 13.3. The van der Waals surface area contributed by atoms with E-state index in [0.29, 0.717) is 18.1 Å². The Hall–Kier alpha value is -2.93. The van der Waals surface area contributed by atoms with Crippen LogP contribution in [0.25, 0.3) is 0 Å². The minimum Gasteiger partial charge on any atom is -0.295 e. The summed E-state index contributed by atoms with van der Waals surface area (Å²) in [5, 5.41) is 0. The van der Waals surface area contributed by atoms with E-state index in [1.807, 2.05) is 6.92 Å². The Morgan fingerprint density at radius 1 is 0.756 bits per heavy atom. The van der Waals surface area contributed by atoms with Crippen LogP contribution in [0.2, 0.25) is 0 Å². The summed E-state index contributed by atoms with van der Waals surface area (Å²) in [5.41, 5.74) is 9.28. The first-order valence-corrected chi connectivity index (χ1v) is 15.6. The molecule has 0 aromatic rings. The zero-order valence-corrected chi connectivity index (χ0v) is 27.7. The molecule has 0 aromatic carbocycles. The molecule has 1 atom stereocenters. The fourth-order valence-electron chi connectivity index (χ4n) is 5.72. The normalized spacial score (nSPS) is 22.1. The third-order valence-electron chi connectivity index (χ3n) is 8.61. The van der Waals surface area contributed by atoms with Gasteiger partial charge in [-0.1, -0.05) is 136 Å². The zero-order chi connectivity index (χ0) is 30.6. The third-order valence-corrected chi connectivity index (χ3v) is 8.61. The van der Waals surface area contributed by atoms with Gasteiger partial charge in [-0.2, -0.15) is 0 Å². The van der Waals surface area contributed by atoms with Gasteiger partial charge in [0.15, 0.2) is 5.78 Å². The van der Waals surface area contributed by atoms with Gasteiger partial charge in [0.25, 0.3) is 0 Å². The highest BCUT2D eigenvalue weighted by Crippen LogP contribution is 2.41. The molecular weight excluding hydrogens is 496 g/mol. The Bertz CT molecular complexity index is 1240. The van der Waals surface area contributed by atoms with Crippen LogP contribution in [0.1, 0.15) is 108 Å². The first kappa shape index (κ1) is 34.3. The molecule has 0 fully saturated rings. The molecule has 0 radical (unpaired) electrons. The fourth-order valence-corrected chi connectivity index (χ4v) is 5.72. The van der Waals surface area contributed by atoms with E-state index < -0.39 is 0 Å². The second-order valence-electron chi connectivity index (χ2n) is 13.6. The second kappa shape index (κ2) is 15.9. The molecule has 0 spiro atoms. The highest BCUT2D eigenvalue weighted by Gasteiger charge is 2.30. The van der Waals surface area contributed by atoms with E-state index in [2.05, 4.69) is 141 Å². The molecule has 0 aromatic heterocycles. The lowest BCUT2D eigenvalue weighted by Crippen LogP contribution is -2.24. The van der Waals surface area contributed by atoms with E-state index in [1.54, 1.807) is 5.57 Å². The van der Waals surface area contributed by atoms with Crippen molar-refractivity contribution < 1.29 is 4.79 Å². The molecule has 0 saturated carbocycles. The number of hydrogen-bond donors (Lipinski definition) is 0. The van der Waals surface area contributed by atoms with E-state index in [9.17, 15) is 4.79 Å². The summed E-state index contributed by atoms with van der Waals surface area (Å²) < 4.78 is 0. The molecule has 0 amide bonds. The van der Waals surface area contributed by atoms with Crippen molar-refractivity contribution >= 4 is 5.78 Å². The third kappa shape index (κ3) is 11.5. The number of allylic oxidation sites excluding steroid dienone is 20. The Labute approximate surface area is 252 Å². The van der Waals surface area contributed by atoms with Crippen molar-refractivity contribution in [1.29, 1.82) is 0 Å². The molecule has 0 bridgehead atoms. The number of hydrogen-bond acceptors (Lipinski definition) is 1. The topological polar surface area (TPSA) is 17.1 Å². The van der Waals surface area contributed by atoms with Gasteiger partial charge in [0.2, 0.25) is 0 Å². The molecule has 222 valence electrons. The van der Waals surface area contributed by atoms with E-state index in [1.165, 1.54) is 47.1 Å². The standard InChI is InChI=1S/C40H56O/c1-30(18-13-20-32(3)23-25-36-34(5)22-15-28-39(36,7)8)16-11-12-17-31(2)19-14-21-33(4)24-26-37-35(6)38(41)27-29-40(37,9)10/h11-14,16-20,23-26,33H,15,21-22,27-29H2,1-10H3/b12-11+,18-13+,19-14-,25-23+,26-24+,30-16+,31-17+,32-20-. The van der Waals surface area contributed by atoms with Crippen molar-refractivity contribution in [2.45, 2.75) is 108 Å². The van der Waals surface area contributed by atoms with Gasteiger partial charge in [0.1, 0.15) is 0 Å². The average Bonchev–Trinajstić information content (AvgIpc) is 2.88. The molecule has 1 unspecified atom stereocenters. The molecule has 2 rings (SSSR count). The molecule has 2 aliphatic rings. The molecule has 0 heterocycles. The highest BCUT2D eigenvalue weighted by molar-refractivity contribution is 5.97. The van der Waals surface area contributed by atoms with Gasteiger partial charge in [-0.05, 0) is 100 Å². The number of rotatable bonds is 11. The zero-order valence-electron chi connectivity index (χ0n) is 27.7. The SMILES string of the molecule is CC1=C(/C=C/C(C)=C\C=C\C(C)=C\C=C\C=C(C)\C=C/CC(C)/C=C/C2=C(C)C(=O)CCC2(C)C)C(C)(C)CCC1. The summed E-state index contributed by atoms with van der Waals surface area (Å²) in [7, 11) is 0. The van der Waals surface area contributed by atoms with Gasteiger partial charge in [0, 0.05) is 6.42 Å². The number of carbonyl (C=O) groups is 1. The maximum Gasteiger partial charge on any atom is 0.158 e. The highest BCUT2D eigenvalue weighted by atomic mass is 16.1. The van der Waals surface area contributed by atoms with Gasteiger partial charge >= 0.3 is 0 Å². The van der Waals surface area contributed by atoms with Crippen LogP contribution >= 0.6 is 0 Å². The van der Waals surface area contributed by atoms with Crippen molar-refractivity contribution in [3.8, 4) is 0 Å². The molecule has 0 N–H and O–H groups in total. The summed E-state index contributed by atoms with van der Waals surface area (Å²) in [6, 6.07) is 0. The number of carbonyl (C=O) groups excluding carboxylic acids is 1. The minimum absolute atomic E-state index is 0.0779. The maximum absolute atomic E-state index is 12.2. The van der Waals surface area contributed by atoms with E-state index >= 15 is 0 Å². The molecule has 0 aliphatic heterocycles. The number of Topliss-reactive ketones (excluding diaryl/α,β-unsaturated/α-hetero) is 1. The van der Waals surface area contributed by atoms with Gasteiger partial charge in [-0.25, -0.2) is 0 Å².